The lowest BCUT2D eigenvalue weighted by atomic mass is 10.2. The Hall–Kier alpha value is -1.62. The van der Waals surface area contributed by atoms with Gasteiger partial charge in [0.25, 0.3) is 11.5 Å². The molecule has 0 bridgehead atoms. The minimum absolute atomic E-state index is 0.142. The highest BCUT2D eigenvalue weighted by Gasteiger charge is 2.11. The maximum Gasteiger partial charge on any atom is 0.253 e. The third-order valence-corrected chi connectivity index (χ3v) is 2.85. The molecule has 0 atom stereocenters. The maximum atomic E-state index is 12.0. The van der Waals surface area contributed by atoms with Gasteiger partial charge in [-0.25, -0.2) is 0 Å². The van der Waals surface area contributed by atoms with Crippen LogP contribution in [0.25, 0.3) is 0 Å². The summed E-state index contributed by atoms with van der Waals surface area (Å²) in [6, 6.07) is 3.00. The number of hydrogen-bond acceptors (Lipinski definition) is 3. The van der Waals surface area contributed by atoms with Gasteiger partial charge in [0.2, 0.25) is 0 Å². The molecule has 0 aromatic carbocycles. The average Bonchev–Trinajstić information content (AvgIpc) is 2.37. The number of rotatable bonds is 6. The van der Waals surface area contributed by atoms with Crippen LogP contribution >= 0.6 is 0 Å². The van der Waals surface area contributed by atoms with E-state index in [-0.39, 0.29) is 18.1 Å². The number of nitrogens with zero attached hydrogens (tertiary/aromatic N) is 2. The van der Waals surface area contributed by atoms with Crippen LogP contribution in [0.4, 0.5) is 0 Å². The molecule has 0 aliphatic heterocycles. The molecule has 0 fully saturated rings. The molecule has 0 radical (unpaired) electrons. The second-order valence-electron chi connectivity index (χ2n) is 4.38. The van der Waals surface area contributed by atoms with E-state index in [4.69, 9.17) is 5.11 Å². The van der Waals surface area contributed by atoms with Crippen LogP contribution in [0, 0.1) is 0 Å². The number of amides is 1. The van der Waals surface area contributed by atoms with Crippen molar-refractivity contribution in [2.24, 2.45) is 7.05 Å². The first kappa shape index (κ1) is 14.4. The summed E-state index contributed by atoms with van der Waals surface area (Å²) in [5.41, 5.74) is 0.234. The lowest BCUT2D eigenvalue weighted by Gasteiger charge is -2.17. The molecule has 0 spiro atoms. The van der Waals surface area contributed by atoms with Gasteiger partial charge in [-0.1, -0.05) is 0 Å². The molecule has 0 saturated heterocycles. The lowest BCUT2D eigenvalue weighted by molar-refractivity contribution is 0.0792. The molecule has 1 heterocycles. The number of aromatic nitrogens is 1. The van der Waals surface area contributed by atoms with Crippen LogP contribution < -0.4 is 5.56 Å². The van der Waals surface area contributed by atoms with Crippen molar-refractivity contribution in [2.75, 3.05) is 20.2 Å². The van der Waals surface area contributed by atoms with Crippen LogP contribution in [-0.4, -0.2) is 40.7 Å². The first-order valence-corrected chi connectivity index (χ1v) is 6.09. The molecule has 18 heavy (non-hydrogen) atoms. The molecule has 1 amide bonds. The van der Waals surface area contributed by atoms with Crippen LogP contribution in [0.15, 0.2) is 23.1 Å². The van der Waals surface area contributed by atoms with E-state index in [0.717, 1.165) is 19.3 Å². The lowest BCUT2D eigenvalue weighted by Crippen LogP contribution is -2.29. The molecular formula is C13H20N2O3. The molecule has 5 nitrogen and oxygen atoms in total. The Balaban J connectivity index is 2.57. The van der Waals surface area contributed by atoms with Crippen LogP contribution in [0.1, 0.15) is 29.6 Å². The minimum atomic E-state index is -0.186. The predicted octanol–water partition coefficient (Wildman–Crippen LogP) is 0.620. The Kier molecular flexibility index (Phi) is 5.58. The molecule has 0 unspecified atom stereocenters. The zero-order valence-corrected chi connectivity index (χ0v) is 10.9. The summed E-state index contributed by atoms with van der Waals surface area (Å²) < 4.78 is 1.43. The molecule has 1 aromatic rings. The Morgan fingerprint density at radius 1 is 1.39 bits per heavy atom. The monoisotopic (exact) mass is 252 g/mol. The van der Waals surface area contributed by atoms with Crippen LogP contribution in [0.2, 0.25) is 0 Å². The topological polar surface area (TPSA) is 62.5 Å². The molecule has 0 saturated carbocycles. The van der Waals surface area contributed by atoms with Gasteiger partial charge in [0, 0.05) is 45.1 Å². The van der Waals surface area contributed by atoms with Gasteiger partial charge in [-0.15, -0.1) is 0 Å². The Morgan fingerprint density at radius 2 is 2.11 bits per heavy atom. The number of pyridine rings is 1. The summed E-state index contributed by atoms with van der Waals surface area (Å²) in [5, 5.41) is 8.66. The smallest absolute Gasteiger partial charge is 0.253 e. The number of carbonyl (C=O) groups excluding carboxylic acids is 1. The van der Waals surface area contributed by atoms with Crippen molar-refractivity contribution in [3.8, 4) is 0 Å². The quantitative estimate of drug-likeness (QED) is 0.755. The molecule has 5 heteroatoms. The number of carbonyl (C=O) groups is 1. The Bertz CT molecular complexity index is 454. The van der Waals surface area contributed by atoms with Gasteiger partial charge >= 0.3 is 0 Å². The molecule has 1 rings (SSSR count). The van der Waals surface area contributed by atoms with E-state index < -0.39 is 0 Å². The summed E-state index contributed by atoms with van der Waals surface area (Å²) in [6.45, 7) is 0.820. The second kappa shape index (κ2) is 6.96. The number of aliphatic hydroxyl groups is 1. The van der Waals surface area contributed by atoms with Gasteiger partial charge in [-0.05, 0) is 25.3 Å². The van der Waals surface area contributed by atoms with Gasteiger partial charge in [-0.3, -0.25) is 9.59 Å². The van der Waals surface area contributed by atoms with E-state index in [1.54, 1.807) is 31.3 Å². The number of aryl methyl sites for hydroxylation is 1. The maximum absolute atomic E-state index is 12.0. The fraction of sp³-hybridized carbons (Fsp3) is 0.538. The highest BCUT2D eigenvalue weighted by Crippen LogP contribution is 2.03. The highest BCUT2D eigenvalue weighted by molar-refractivity contribution is 5.93. The highest BCUT2D eigenvalue weighted by atomic mass is 16.3. The zero-order valence-electron chi connectivity index (χ0n) is 10.9. The van der Waals surface area contributed by atoms with E-state index in [1.807, 2.05) is 0 Å². The van der Waals surface area contributed by atoms with E-state index >= 15 is 0 Å². The third kappa shape index (κ3) is 4.00. The fourth-order valence-corrected chi connectivity index (χ4v) is 1.64. The summed E-state index contributed by atoms with van der Waals surface area (Å²) in [6.07, 6.45) is 4.10. The van der Waals surface area contributed by atoms with Crippen molar-refractivity contribution in [3.05, 3.63) is 34.2 Å². The van der Waals surface area contributed by atoms with E-state index in [2.05, 4.69) is 0 Å². The Labute approximate surface area is 107 Å². The number of unbranched alkanes of at least 4 members (excludes halogenated alkanes) is 2. The van der Waals surface area contributed by atoms with Crippen molar-refractivity contribution in [2.45, 2.75) is 19.3 Å². The first-order valence-electron chi connectivity index (χ1n) is 6.09. The molecule has 0 aliphatic rings. The average molecular weight is 252 g/mol. The first-order chi connectivity index (χ1) is 8.56. The van der Waals surface area contributed by atoms with Crippen molar-refractivity contribution in [3.63, 3.8) is 0 Å². The predicted molar refractivity (Wildman–Crippen MR) is 69.6 cm³/mol. The van der Waals surface area contributed by atoms with Gasteiger partial charge in [0.1, 0.15) is 0 Å². The third-order valence-electron chi connectivity index (χ3n) is 2.85. The summed E-state index contributed by atoms with van der Waals surface area (Å²) in [7, 11) is 3.37. The van der Waals surface area contributed by atoms with Crippen molar-refractivity contribution < 1.29 is 9.90 Å². The SMILES string of the molecule is CN(CCCCCO)C(=O)c1ccn(C)c(=O)c1. The van der Waals surface area contributed by atoms with Gasteiger partial charge in [-0.2, -0.15) is 0 Å². The second-order valence-corrected chi connectivity index (χ2v) is 4.38. The van der Waals surface area contributed by atoms with Crippen LogP contribution in [0.5, 0.6) is 0 Å². The summed E-state index contributed by atoms with van der Waals surface area (Å²) >= 11 is 0. The van der Waals surface area contributed by atoms with Crippen LogP contribution in [-0.2, 0) is 7.05 Å². The van der Waals surface area contributed by atoms with Gasteiger partial charge in [0.15, 0.2) is 0 Å². The van der Waals surface area contributed by atoms with Crippen molar-refractivity contribution in [1.82, 2.24) is 9.47 Å². The van der Waals surface area contributed by atoms with Crippen LogP contribution in [0.3, 0.4) is 0 Å². The molecular weight excluding hydrogens is 232 g/mol. The standard InChI is InChI=1S/C13H20N2O3/c1-14-8-6-11(10-12(14)17)13(18)15(2)7-4-3-5-9-16/h6,8,10,16H,3-5,7,9H2,1-2H3. The molecule has 100 valence electrons. The zero-order chi connectivity index (χ0) is 13.5. The van der Waals surface area contributed by atoms with E-state index in [1.165, 1.54) is 10.6 Å². The largest absolute Gasteiger partial charge is 0.396 e. The normalized spacial score (nSPS) is 10.4. The van der Waals surface area contributed by atoms with Crippen molar-refractivity contribution in [1.29, 1.82) is 0 Å². The molecule has 1 aromatic heterocycles. The molecule has 1 N–H and O–H groups in total. The van der Waals surface area contributed by atoms with Crippen molar-refractivity contribution >= 4 is 5.91 Å². The summed E-state index contributed by atoms with van der Waals surface area (Å²) in [5.74, 6) is -0.142. The van der Waals surface area contributed by atoms with Gasteiger partial charge in [0.05, 0.1) is 0 Å². The Morgan fingerprint density at radius 3 is 2.72 bits per heavy atom. The number of aliphatic hydroxyl groups excluding tert-OH is 1. The fourth-order valence-electron chi connectivity index (χ4n) is 1.64. The van der Waals surface area contributed by atoms with Gasteiger partial charge < -0.3 is 14.6 Å². The number of hydrogen-bond donors (Lipinski definition) is 1. The molecule has 0 aliphatic carbocycles. The minimum Gasteiger partial charge on any atom is -0.396 e. The summed E-state index contributed by atoms with van der Waals surface area (Å²) in [4.78, 5) is 25.0. The van der Waals surface area contributed by atoms with E-state index in [9.17, 15) is 9.59 Å². The van der Waals surface area contributed by atoms with E-state index in [0.29, 0.717) is 12.1 Å².